The van der Waals surface area contributed by atoms with Gasteiger partial charge in [-0.25, -0.2) is 4.39 Å². The molecule has 15 heavy (non-hydrogen) atoms. The van der Waals surface area contributed by atoms with Gasteiger partial charge < -0.3 is 5.73 Å². The van der Waals surface area contributed by atoms with Gasteiger partial charge in [0.15, 0.2) is 0 Å². The van der Waals surface area contributed by atoms with Crippen molar-refractivity contribution in [3.8, 4) is 0 Å². The second-order valence-electron chi connectivity index (χ2n) is 3.49. The minimum absolute atomic E-state index is 0.139. The molecule has 1 rings (SSSR count). The summed E-state index contributed by atoms with van der Waals surface area (Å²) in [5.41, 5.74) is 6.48. The molecule has 0 saturated carbocycles. The molecule has 2 N–H and O–H groups in total. The number of hydrogen-bond donors (Lipinski definition) is 1. The third-order valence-corrected chi connectivity index (χ3v) is 3.50. The maximum absolute atomic E-state index is 13.5. The molecule has 0 bridgehead atoms. The highest BCUT2D eigenvalue weighted by Crippen LogP contribution is 2.26. The highest BCUT2D eigenvalue weighted by molar-refractivity contribution is 7.99. The Hall–Kier alpha value is -0.540. The van der Waals surface area contributed by atoms with Crippen molar-refractivity contribution in [1.82, 2.24) is 0 Å². The Labute approximate surface area is 95.2 Å². The minimum Gasteiger partial charge on any atom is -0.326 e. The van der Waals surface area contributed by atoms with Gasteiger partial charge in [-0.3, -0.25) is 0 Å². The second kappa shape index (κ2) is 6.85. The molecule has 0 aromatic heterocycles. The number of halogens is 1. The fourth-order valence-corrected chi connectivity index (χ4v) is 2.50. The molecule has 0 saturated heterocycles. The van der Waals surface area contributed by atoms with Crippen molar-refractivity contribution in [3.05, 3.63) is 29.6 Å². The average Bonchev–Trinajstić information content (AvgIpc) is 2.26. The third-order valence-electron chi connectivity index (χ3n) is 2.26. The summed E-state index contributed by atoms with van der Waals surface area (Å²) in [7, 11) is 0. The standard InChI is InChI=1S/C12H18FNS/c1-2-3-4-8-15-12-10(9-14)6-5-7-11(12)13/h5-7H,2-4,8-9,14H2,1H3. The first-order valence-corrected chi connectivity index (χ1v) is 6.38. The van der Waals surface area contributed by atoms with Gasteiger partial charge in [-0.15, -0.1) is 11.8 Å². The van der Waals surface area contributed by atoms with E-state index in [4.69, 9.17) is 5.73 Å². The lowest BCUT2D eigenvalue weighted by atomic mass is 10.2. The molecule has 0 fully saturated rings. The lowest BCUT2D eigenvalue weighted by Crippen LogP contribution is -2.00. The Bertz CT molecular complexity index is 302. The number of nitrogens with two attached hydrogens (primary N) is 1. The molecule has 0 radical (unpaired) electrons. The average molecular weight is 227 g/mol. The quantitative estimate of drug-likeness (QED) is 0.594. The topological polar surface area (TPSA) is 26.0 Å². The Kier molecular flexibility index (Phi) is 5.73. The lowest BCUT2D eigenvalue weighted by Gasteiger charge is -2.08. The van der Waals surface area contributed by atoms with E-state index in [0.29, 0.717) is 6.54 Å². The summed E-state index contributed by atoms with van der Waals surface area (Å²) >= 11 is 1.58. The molecule has 0 heterocycles. The number of hydrogen-bond acceptors (Lipinski definition) is 2. The van der Waals surface area contributed by atoms with Crippen LogP contribution in [0.3, 0.4) is 0 Å². The van der Waals surface area contributed by atoms with Crippen LogP contribution in [0.2, 0.25) is 0 Å². The molecule has 84 valence electrons. The molecule has 0 spiro atoms. The molecule has 1 aromatic rings. The normalized spacial score (nSPS) is 10.6. The molecule has 0 aliphatic heterocycles. The van der Waals surface area contributed by atoms with Crippen molar-refractivity contribution in [1.29, 1.82) is 0 Å². The smallest absolute Gasteiger partial charge is 0.137 e. The van der Waals surface area contributed by atoms with Gasteiger partial charge in [0.1, 0.15) is 5.82 Å². The summed E-state index contributed by atoms with van der Waals surface area (Å²) in [6.45, 7) is 2.58. The van der Waals surface area contributed by atoms with Gasteiger partial charge in [0, 0.05) is 11.4 Å². The van der Waals surface area contributed by atoms with E-state index < -0.39 is 0 Å². The van der Waals surface area contributed by atoms with Crippen LogP contribution >= 0.6 is 11.8 Å². The van der Waals surface area contributed by atoms with Crippen LogP contribution in [0.25, 0.3) is 0 Å². The van der Waals surface area contributed by atoms with Crippen LogP contribution in [0.1, 0.15) is 31.7 Å². The first-order valence-electron chi connectivity index (χ1n) is 5.39. The van der Waals surface area contributed by atoms with Gasteiger partial charge in [-0.2, -0.15) is 0 Å². The van der Waals surface area contributed by atoms with Crippen LogP contribution in [-0.4, -0.2) is 5.75 Å². The maximum Gasteiger partial charge on any atom is 0.137 e. The number of benzene rings is 1. The van der Waals surface area contributed by atoms with Crippen molar-refractivity contribution in [2.75, 3.05) is 5.75 Å². The van der Waals surface area contributed by atoms with Crippen LogP contribution in [0.5, 0.6) is 0 Å². The second-order valence-corrected chi connectivity index (χ2v) is 4.59. The number of unbranched alkanes of at least 4 members (excludes halogenated alkanes) is 2. The van der Waals surface area contributed by atoms with Crippen LogP contribution in [0.4, 0.5) is 4.39 Å². The Morgan fingerprint density at radius 2 is 2.13 bits per heavy atom. The highest BCUT2D eigenvalue weighted by Gasteiger charge is 2.06. The summed E-state index contributed by atoms with van der Waals surface area (Å²) in [5.74, 6) is 0.835. The Morgan fingerprint density at radius 1 is 1.33 bits per heavy atom. The van der Waals surface area contributed by atoms with Gasteiger partial charge in [-0.1, -0.05) is 31.9 Å². The van der Waals surface area contributed by atoms with Crippen molar-refractivity contribution in [3.63, 3.8) is 0 Å². The zero-order valence-electron chi connectivity index (χ0n) is 9.13. The molecule has 1 nitrogen and oxygen atoms in total. The van der Waals surface area contributed by atoms with Crippen LogP contribution in [-0.2, 0) is 6.54 Å². The monoisotopic (exact) mass is 227 g/mol. The maximum atomic E-state index is 13.5. The van der Waals surface area contributed by atoms with E-state index in [1.54, 1.807) is 17.8 Å². The third kappa shape index (κ3) is 3.84. The van der Waals surface area contributed by atoms with Gasteiger partial charge in [-0.05, 0) is 23.8 Å². The van der Waals surface area contributed by atoms with Gasteiger partial charge >= 0.3 is 0 Å². The van der Waals surface area contributed by atoms with Crippen molar-refractivity contribution < 1.29 is 4.39 Å². The molecule has 0 unspecified atom stereocenters. The first-order chi connectivity index (χ1) is 7.29. The fourth-order valence-electron chi connectivity index (χ4n) is 1.40. The SMILES string of the molecule is CCCCCSc1c(F)cccc1CN. The summed E-state index contributed by atoms with van der Waals surface area (Å²) in [6, 6.07) is 5.11. The van der Waals surface area contributed by atoms with Gasteiger partial charge in [0.2, 0.25) is 0 Å². The van der Waals surface area contributed by atoms with E-state index in [0.717, 1.165) is 22.6 Å². The van der Waals surface area contributed by atoms with E-state index in [9.17, 15) is 4.39 Å². The Balaban J connectivity index is 2.58. The molecular weight excluding hydrogens is 209 g/mol. The summed E-state index contributed by atoms with van der Waals surface area (Å²) in [4.78, 5) is 0.733. The molecule has 0 aliphatic carbocycles. The zero-order valence-corrected chi connectivity index (χ0v) is 9.95. The predicted octanol–water partition coefficient (Wildman–Crippen LogP) is 3.57. The van der Waals surface area contributed by atoms with Crippen LogP contribution < -0.4 is 5.73 Å². The van der Waals surface area contributed by atoms with E-state index in [1.807, 2.05) is 6.07 Å². The fraction of sp³-hybridized carbons (Fsp3) is 0.500. The van der Waals surface area contributed by atoms with Crippen molar-refractivity contribution in [2.45, 2.75) is 37.6 Å². The van der Waals surface area contributed by atoms with E-state index in [-0.39, 0.29) is 5.82 Å². The van der Waals surface area contributed by atoms with Crippen LogP contribution in [0.15, 0.2) is 23.1 Å². The predicted molar refractivity (Wildman–Crippen MR) is 64.5 cm³/mol. The van der Waals surface area contributed by atoms with Gasteiger partial charge in [0.05, 0.1) is 0 Å². The number of rotatable bonds is 6. The molecule has 1 aromatic carbocycles. The molecule has 3 heteroatoms. The Morgan fingerprint density at radius 3 is 2.80 bits per heavy atom. The number of thioether (sulfide) groups is 1. The highest BCUT2D eigenvalue weighted by atomic mass is 32.2. The van der Waals surface area contributed by atoms with E-state index >= 15 is 0 Å². The summed E-state index contributed by atoms with van der Waals surface area (Å²) in [5, 5.41) is 0. The van der Waals surface area contributed by atoms with Crippen LogP contribution in [0, 0.1) is 5.82 Å². The molecule has 0 amide bonds. The lowest BCUT2D eigenvalue weighted by molar-refractivity contribution is 0.597. The summed E-state index contributed by atoms with van der Waals surface area (Å²) < 4.78 is 13.5. The minimum atomic E-state index is -0.139. The first kappa shape index (κ1) is 12.5. The zero-order chi connectivity index (χ0) is 11.1. The van der Waals surface area contributed by atoms with E-state index in [1.165, 1.54) is 18.9 Å². The van der Waals surface area contributed by atoms with Crippen molar-refractivity contribution >= 4 is 11.8 Å². The molecule has 0 aliphatic rings. The van der Waals surface area contributed by atoms with Crippen molar-refractivity contribution in [2.24, 2.45) is 5.73 Å². The van der Waals surface area contributed by atoms with E-state index in [2.05, 4.69) is 6.92 Å². The molecule has 0 atom stereocenters. The molecular formula is C12H18FNS. The largest absolute Gasteiger partial charge is 0.326 e. The van der Waals surface area contributed by atoms with Gasteiger partial charge in [0.25, 0.3) is 0 Å². The summed E-state index contributed by atoms with van der Waals surface area (Å²) in [6.07, 6.45) is 3.54.